The van der Waals surface area contributed by atoms with Crippen LogP contribution >= 0.6 is 23.1 Å². The van der Waals surface area contributed by atoms with Crippen LogP contribution in [-0.2, 0) is 5.41 Å². The zero-order valence-corrected chi connectivity index (χ0v) is 17.5. The van der Waals surface area contributed by atoms with E-state index in [0.29, 0.717) is 10.1 Å². The van der Waals surface area contributed by atoms with Gasteiger partial charge in [0.25, 0.3) is 0 Å². The normalized spacial score (nSPS) is 12.0. The van der Waals surface area contributed by atoms with Crippen LogP contribution in [0.2, 0.25) is 5.02 Å². The molecule has 0 fully saturated rings. The Morgan fingerprint density at radius 3 is 2.52 bits per heavy atom. The Hall–Kier alpha value is -1.59. The van der Waals surface area contributed by atoms with Gasteiger partial charge in [-0.15, -0.1) is 0 Å². The molecule has 1 aromatic carbocycles. The van der Waals surface area contributed by atoms with Crippen LogP contribution in [0.1, 0.15) is 44.5 Å². The second-order valence-electron chi connectivity index (χ2n) is 7.21. The van der Waals surface area contributed by atoms with E-state index >= 15 is 0 Å². The number of aryl methyl sites for hydroxylation is 2. The van der Waals surface area contributed by atoms with Gasteiger partial charge in [0.1, 0.15) is 10.8 Å². The number of halogens is 1. The molecule has 2 aromatic rings. The molecule has 0 aliphatic carbocycles. The molecule has 0 saturated heterocycles. The van der Waals surface area contributed by atoms with Gasteiger partial charge in [0.05, 0.1) is 17.7 Å². The molecule has 136 valence electrons. The first kappa shape index (κ1) is 19.7. The van der Waals surface area contributed by atoms with Gasteiger partial charge in [0.2, 0.25) is 5.06 Å². The van der Waals surface area contributed by atoms with Crippen molar-refractivity contribution in [2.75, 3.05) is 13.6 Å². The predicted molar refractivity (Wildman–Crippen MR) is 108 cm³/mol. The van der Waals surface area contributed by atoms with Crippen LogP contribution in [-0.4, -0.2) is 29.2 Å². The molecule has 0 saturated carbocycles. The maximum absolute atomic E-state index is 6.48. The fourth-order valence-corrected chi connectivity index (χ4v) is 3.52. The van der Waals surface area contributed by atoms with Gasteiger partial charge in [-0.1, -0.05) is 32.4 Å². The van der Waals surface area contributed by atoms with E-state index in [1.54, 1.807) is 0 Å². The Kier molecular flexibility index (Phi) is 6.12. The minimum atomic E-state index is -0.107. The second kappa shape index (κ2) is 7.75. The molecule has 0 spiro atoms. The van der Waals surface area contributed by atoms with E-state index in [1.165, 1.54) is 11.5 Å². The van der Waals surface area contributed by atoms with Crippen molar-refractivity contribution < 1.29 is 4.74 Å². The van der Waals surface area contributed by atoms with Crippen molar-refractivity contribution in [2.45, 2.75) is 47.0 Å². The maximum Gasteiger partial charge on any atom is 0.219 e. The molecule has 0 atom stereocenters. The molecule has 0 amide bonds. The molecular formula is C19H26ClN3OS. The molecular weight excluding hydrogens is 354 g/mol. The predicted octanol–water partition coefficient (Wildman–Crippen LogP) is 6.11. The van der Waals surface area contributed by atoms with Gasteiger partial charge in [-0.25, -0.2) is 4.99 Å². The van der Waals surface area contributed by atoms with Gasteiger partial charge >= 0.3 is 0 Å². The van der Waals surface area contributed by atoms with Gasteiger partial charge in [-0.3, -0.25) is 0 Å². The zero-order valence-electron chi connectivity index (χ0n) is 16.0. The summed E-state index contributed by atoms with van der Waals surface area (Å²) in [6, 6.07) is 4.03. The van der Waals surface area contributed by atoms with Crippen LogP contribution in [0.15, 0.2) is 17.1 Å². The molecule has 0 bridgehead atoms. The summed E-state index contributed by atoms with van der Waals surface area (Å²) in [5, 5.41) is 1.23. The highest BCUT2D eigenvalue weighted by molar-refractivity contribution is 7.08. The van der Waals surface area contributed by atoms with Crippen molar-refractivity contribution in [3.05, 3.63) is 34.0 Å². The lowest BCUT2D eigenvalue weighted by molar-refractivity contribution is 0.490. The molecule has 1 heterocycles. The van der Waals surface area contributed by atoms with Crippen LogP contribution in [0, 0.1) is 13.8 Å². The van der Waals surface area contributed by atoms with Crippen LogP contribution in [0.3, 0.4) is 0 Å². The van der Waals surface area contributed by atoms with Gasteiger partial charge in [-0.05, 0) is 44.0 Å². The van der Waals surface area contributed by atoms with E-state index < -0.39 is 0 Å². The minimum absolute atomic E-state index is 0.107. The molecule has 6 heteroatoms. The highest BCUT2D eigenvalue weighted by atomic mass is 35.5. The van der Waals surface area contributed by atoms with Crippen molar-refractivity contribution in [2.24, 2.45) is 4.99 Å². The molecule has 1 aromatic heterocycles. The topological polar surface area (TPSA) is 37.7 Å². The summed E-state index contributed by atoms with van der Waals surface area (Å²) >= 11 is 7.77. The summed E-state index contributed by atoms with van der Waals surface area (Å²) in [4.78, 5) is 6.58. The Labute approximate surface area is 159 Å². The summed E-state index contributed by atoms with van der Waals surface area (Å²) in [5.41, 5.74) is 3.77. The van der Waals surface area contributed by atoms with Crippen LogP contribution in [0.4, 0.5) is 5.69 Å². The third kappa shape index (κ3) is 4.73. The van der Waals surface area contributed by atoms with E-state index in [0.717, 1.165) is 34.8 Å². The Morgan fingerprint density at radius 1 is 1.28 bits per heavy atom. The monoisotopic (exact) mass is 379 g/mol. The summed E-state index contributed by atoms with van der Waals surface area (Å²) in [7, 11) is 2.00. The fraction of sp³-hybridized carbons (Fsp3) is 0.474. The smallest absolute Gasteiger partial charge is 0.219 e. The number of benzene rings is 1. The molecule has 0 radical (unpaired) electrons. The number of ether oxygens (including phenoxy) is 1. The minimum Gasteiger partial charge on any atom is -0.443 e. The first-order chi connectivity index (χ1) is 11.6. The summed E-state index contributed by atoms with van der Waals surface area (Å²) in [5.74, 6) is 0.784. The van der Waals surface area contributed by atoms with E-state index in [1.807, 2.05) is 44.3 Å². The summed E-state index contributed by atoms with van der Waals surface area (Å²) in [6.45, 7) is 13.3. The van der Waals surface area contributed by atoms with Gasteiger partial charge in [0, 0.05) is 30.5 Å². The molecule has 0 unspecified atom stereocenters. The second-order valence-corrected chi connectivity index (χ2v) is 8.32. The highest BCUT2D eigenvalue weighted by Gasteiger charge is 2.24. The van der Waals surface area contributed by atoms with E-state index in [2.05, 4.69) is 37.1 Å². The first-order valence-corrected chi connectivity index (χ1v) is 9.47. The lowest BCUT2D eigenvalue weighted by Crippen LogP contribution is -2.14. The summed E-state index contributed by atoms with van der Waals surface area (Å²) in [6.07, 6.45) is 1.85. The molecule has 0 N–H and O–H groups in total. The van der Waals surface area contributed by atoms with Crippen molar-refractivity contribution in [1.29, 1.82) is 0 Å². The van der Waals surface area contributed by atoms with Crippen molar-refractivity contribution >= 4 is 35.2 Å². The quantitative estimate of drug-likeness (QED) is 0.464. The van der Waals surface area contributed by atoms with E-state index in [-0.39, 0.29) is 5.41 Å². The lowest BCUT2D eigenvalue weighted by atomic mass is 9.92. The standard InChI is InChI=1S/C19H26ClN3OS/c1-8-23(7)11-21-14-9-13(3)15(10-12(14)2)24-18-16(20)17(22-25-18)19(4,5)6/h9-11H,8H2,1-7H3/b21-11-. The van der Waals surface area contributed by atoms with Crippen molar-refractivity contribution in [3.63, 3.8) is 0 Å². The first-order valence-electron chi connectivity index (χ1n) is 8.32. The maximum atomic E-state index is 6.48. The third-order valence-corrected chi connectivity index (χ3v) is 5.10. The van der Waals surface area contributed by atoms with Crippen molar-refractivity contribution in [3.8, 4) is 10.8 Å². The van der Waals surface area contributed by atoms with Gasteiger partial charge < -0.3 is 9.64 Å². The van der Waals surface area contributed by atoms with Gasteiger partial charge in [-0.2, -0.15) is 4.37 Å². The van der Waals surface area contributed by atoms with Crippen molar-refractivity contribution in [1.82, 2.24) is 9.27 Å². The third-order valence-electron chi connectivity index (χ3n) is 3.91. The fourth-order valence-electron chi connectivity index (χ4n) is 2.16. The number of nitrogens with zero attached hydrogens (tertiary/aromatic N) is 3. The Morgan fingerprint density at radius 2 is 1.96 bits per heavy atom. The Balaban J connectivity index is 2.29. The highest BCUT2D eigenvalue weighted by Crippen LogP contribution is 2.42. The molecule has 2 rings (SSSR count). The SMILES string of the molecule is CCN(C)/C=N\c1cc(C)c(Oc2snc(C(C)(C)C)c2Cl)cc1C. The van der Waals surface area contributed by atoms with Crippen LogP contribution in [0.25, 0.3) is 0 Å². The largest absolute Gasteiger partial charge is 0.443 e. The zero-order chi connectivity index (χ0) is 18.8. The van der Waals surface area contributed by atoms with Crippen LogP contribution < -0.4 is 4.74 Å². The number of rotatable bonds is 5. The number of hydrogen-bond donors (Lipinski definition) is 0. The Bertz CT molecular complexity index is 778. The lowest BCUT2D eigenvalue weighted by Gasteiger charge is -2.15. The van der Waals surface area contributed by atoms with Crippen LogP contribution in [0.5, 0.6) is 10.8 Å². The van der Waals surface area contributed by atoms with Gasteiger partial charge in [0.15, 0.2) is 0 Å². The molecule has 25 heavy (non-hydrogen) atoms. The number of hydrogen-bond acceptors (Lipinski definition) is 4. The van der Waals surface area contributed by atoms with E-state index in [9.17, 15) is 0 Å². The average molecular weight is 380 g/mol. The number of aromatic nitrogens is 1. The average Bonchev–Trinajstić information content (AvgIpc) is 2.89. The molecule has 0 aliphatic heterocycles. The summed E-state index contributed by atoms with van der Waals surface area (Å²) < 4.78 is 10.5. The number of aliphatic imine (C=N–C) groups is 1. The van der Waals surface area contributed by atoms with E-state index in [4.69, 9.17) is 16.3 Å². The molecule has 4 nitrogen and oxygen atoms in total. The molecule has 0 aliphatic rings.